The van der Waals surface area contributed by atoms with Crippen molar-refractivity contribution in [3.8, 4) is 0 Å². The Kier molecular flexibility index (Phi) is 16.6. The molecule has 0 atom stereocenters. The minimum absolute atomic E-state index is 0.201. The first-order valence-electron chi connectivity index (χ1n) is 9.37. The summed E-state index contributed by atoms with van der Waals surface area (Å²) in [5.41, 5.74) is 0. The standard InChI is InChI=1S/C20H34O4/c21-19(22)17-15-13-11-9-7-5-3-1-2-4-6-8-10-12-14-16-18-20(23)24/h11,13,15,17H,1-10,12,14,16,18H2,(H,21,22)(H,23,24)/p-2/b13-11+,17-15+. The summed E-state index contributed by atoms with van der Waals surface area (Å²) in [6.45, 7) is 0. The molecule has 0 saturated carbocycles. The van der Waals surface area contributed by atoms with Crippen LogP contribution < -0.4 is 10.2 Å². The molecule has 0 N–H and O–H groups in total. The quantitative estimate of drug-likeness (QED) is 0.232. The summed E-state index contributed by atoms with van der Waals surface area (Å²) >= 11 is 0. The van der Waals surface area contributed by atoms with Gasteiger partial charge in [-0.25, -0.2) is 0 Å². The highest BCUT2D eigenvalue weighted by Gasteiger charge is 1.94. The van der Waals surface area contributed by atoms with Crippen LogP contribution in [-0.4, -0.2) is 11.9 Å². The maximum atomic E-state index is 10.2. The molecule has 0 unspecified atom stereocenters. The normalized spacial score (nSPS) is 11.5. The Morgan fingerprint density at radius 2 is 1.08 bits per heavy atom. The Balaban J connectivity index is 3.12. The lowest BCUT2D eigenvalue weighted by molar-refractivity contribution is -0.306. The predicted molar refractivity (Wildman–Crippen MR) is 92.9 cm³/mol. The Hall–Kier alpha value is -1.58. The summed E-state index contributed by atoms with van der Waals surface area (Å²) < 4.78 is 0. The lowest BCUT2D eigenvalue weighted by atomic mass is 10.0. The fraction of sp³-hybridized carbons (Fsp3) is 0.700. The van der Waals surface area contributed by atoms with Crippen LogP contribution in [0.25, 0.3) is 0 Å². The summed E-state index contributed by atoms with van der Waals surface area (Å²) in [4.78, 5) is 20.4. The fourth-order valence-corrected chi connectivity index (χ4v) is 2.61. The van der Waals surface area contributed by atoms with Gasteiger partial charge in [0.1, 0.15) is 0 Å². The van der Waals surface area contributed by atoms with Crippen molar-refractivity contribution >= 4 is 11.9 Å². The lowest BCUT2D eigenvalue weighted by Crippen LogP contribution is -2.21. The van der Waals surface area contributed by atoms with Gasteiger partial charge in [-0.15, -0.1) is 0 Å². The molecule has 0 aliphatic heterocycles. The molecule has 0 aromatic carbocycles. The van der Waals surface area contributed by atoms with Crippen molar-refractivity contribution in [1.82, 2.24) is 0 Å². The van der Waals surface area contributed by atoms with E-state index in [2.05, 4.69) is 0 Å². The van der Waals surface area contributed by atoms with E-state index >= 15 is 0 Å². The van der Waals surface area contributed by atoms with Gasteiger partial charge in [-0.3, -0.25) is 0 Å². The summed E-state index contributed by atoms with van der Waals surface area (Å²) in [6, 6.07) is 0. The van der Waals surface area contributed by atoms with Crippen molar-refractivity contribution in [3.63, 3.8) is 0 Å². The second-order valence-electron chi connectivity index (χ2n) is 6.26. The molecule has 138 valence electrons. The molecule has 0 saturated heterocycles. The third-order valence-corrected chi connectivity index (χ3v) is 3.98. The lowest BCUT2D eigenvalue weighted by Gasteiger charge is -2.03. The molecule has 0 aromatic rings. The number of aliphatic carboxylic acids is 2. The molecule has 0 rings (SSSR count). The maximum absolute atomic E-state index is 10.2. The molecule has 4 nitrogen and oxygen atoms in total. The Bertz CT molecular complexity index is 372. The van der Waals surface area contributed by atoms with Crippen LogP contribution in [-0.2, 0) is 9.59 Å². The predicted octanol–water partition coefficient (Wildman–Crippen LogP) is 3.06. The second-order valence-corrected chi connectivity index (χ2v) is 6.26. The molecule has 0 aromatic heterocycles. The molecule has 0 amide bonds. The smallest absolute Gasteiger partial charge is 0.0642 e. The number of carbonyl (C=O) groups excluding carboxylic acids is 2. The van der Waals surface area contributed by atoms with E-state index in [1.54, 1.807) is 6.08 Å². The summed E-state index contributed by atoms with van der Waals surface area (Å²) in [6.07, 6.45) is 21.7. The number of carboxylic acid groups (broad SMARTS) is 2. The van der Waals surface area contributed by atoms with Gasteiger partial charge in [0.05, 0.1) is 5.97 Å². The third kappa shape index (κ3) is 20.4. The first-order chi connectivity index (χ1) is 11.6. The zero-order valence-electron chi connectivity index (χ0n) is 14.8. The topological polar surface area (TPSA) is 80.3 Å². The van der Waals surface area contributed by atoms with E-state index in [9.17, 15) is 19.8 Å². The summed E-state index contributed by atoms with van der Waals surface area (Å²) in [5, 5.41) is 20.4. The molecule has 0 bridgehead atoms. The molecular formula is C20H32O4-2. The SMILES string of the molecule is O=C([O-])/C=C/C=C/CCCCCCCCCCCCCCC(=O)[O-]. The number of unbranched alkanes of at least 4 members (excludes halogenated alkanes) is 12. The number of hydrogen-bond acceptors (Lipinski definition) is 4. The molecule has 0 aliphatic carbocycles. The van der Waals surface area contributed by atoms with Crippen molar-refractivity contribution in [1.29, 1.82) is 0 Å². The van der Waals surface area contributed by atoms with Crippen LogP contribution in [0.4, 0.5) is 0 Å². The van der Waals surface area contributed by atoms with Crippen molar-refractivity contribution in [2.24, 2.45) is 0 Å². The minimum atomic E-state index is -1.16. The van der Waals surface area contributed by atoms with Crippen LogP contribution in [0.15, 0.2) is 24.3 Å². The van der Waals surface area contributed by atoms with Crippen molar-refractivity contribution in [3.05, 3.63) is 24.3 Å². The molecule has 0 aliphatic rings. The highest BCUT2D eigenvalue weighted by molar-refractivity contribution is 5.77. The van der Waals surface area contributed by atoms with E-state index < -0.39 is 11.9 Å². The molecule has 24 heavy (non-hydrogen) atoms. The number of allylic oxidation sites excluding steroid dienone is 3. The van der Waals surface area contributed by atoms with Crippen LogP contribution in [0.1, 0.15) is 89.9 Å². The Morgan fingerprint density at radius 1 is 0.625 bits per heavy atom. The van der Waals surface area contributed by atoms with Crippen LogP contribution >= 0.6 is 0 Å². The highest BCUT2D eigenvalue weighted by Crippen LogP contribution is 2.13. The van der Waals surface area contributed by atoms with E-state index in [0.717, 1.165) is 38.2 Å². The van der Waals surface area contributed by atoms with Gasteiger partial charge >= 0.3 is 0 Å². The average Bonchev–Trinajstić information content (AvgIpc) is 2.53. The van der Waals surface area contributed by atoms with E-state index in [4.69, 9.17) is 0 Å². The van der Waals surface area contributed by atoms with Gasteiger partial charge in [0.15, 0.2) is 0 Å². The van der Waals surface area contributed by atoms with E-state index in [1.165, 1.54) is 57.4 Å². The van der Waals surface area contributed by atoms with Crippen LogP contribution in [0, 0.1) is 0 Å². The maximum Gasteiger partial charge on any atom is 0.0642 e. The Morgan fingerprint density at radius 3 is 1.54 bits per heavy atom. The van der Waals surface area contributed by atoms with Crippen molar-refractivity contribution in [2.75, 3.05) is 0 Å². The zero-order valence-corrected chi connectivity index (χ0v) is 14.8. The van der Waals surface area contributed by atoms with Crippen molar-refractivity contribution < 1.29 is 19.8 Å². The molecule has 0 spiro atoms. The van der Waals surface area contributed by atoms with Crippen molar-refractivity contribution in [2.45, 2.75) is 89.9 Å². The van der Waals surface area contributed by atoms with Crippen LogP contribution in [0.3, 0.4) is 0 Å². The summed E-state index contributed by atoms with van der Waals surface area (Å²) in [5.74, 6) is -2.09. The van der Waals surface area contributed by atoms with E-state index in [-0.39, 0.29) is 6.42 Å². The molecule has 0 heterocycles. The van der Waals surface area contributed by atoms with Gasteiger partial charge in [-0.1, -0.05) is 82.4 Å². The fourth-order valence-electron chi connectivity index (χ4n) is 2.61. The number of carboxylic acids is 2. The van der Waals surface area contributed by atoms with Gasteiger partial charge in [0.25, 0.3) is 0 Å². The minimum Gasteiger partial charge on any atom is -0.550 e. The Labute approximate surface area is 146 Å². The first-order valence-corrected chi connectivity index (χ1v) is 9.37. The van der Waals surface area contributed by atoms with E-state index in [0.29, 0.717) is 0 Å². The molecule has 0 fully saturated rings. The number of hydrogen-bond donors (Lipinski definition) is 0. The summed E-state index contributed by atoms with van der Waals surface area (Å²) in [7, 11) is 0. The van der Waals surface area contributed by atoms with Gasteiger partial charge in [0.2, 0.25) is 0 Å². The third-order valence-electron chi connectivity index (χ3n) is 3.98. The second kappa shape index (κ2) is 17.8. The number of carbonyl (C=O) groups is 2. The molecule has 0 radical (unpaired) electrons. The highest BCUT2D eigenvalue weighted by atomic mass is 16.4. The monoisotopic (exact) mass is 336 g/mol. The molecular weight excluding hydrogens is 304 g/mol. The van der Waals surface area contributed by atoms with Crippen LogP contribution in [0.5, 0.6) is 0 Å². The largest absolute Gasteiger partial charge is 0.550 e. The zero-order chi connectivity index (χ0) is 17.9. The van der Waals surface area contributed by atoms with E-state index in [1.807, 2.05) is 6.08 Å². The van der Waals surface area contributed by atoms with Crippen LogP contribution in [0.2, 0.25) is 0 Å². The number of rotatable bonds is 17. The van der Waals surface area contributed by atoms with Gasteiger partial charge < -0.3 is 19.8 Å². The van der Waals surface area contributed by atoms with Gasteiger partial charge in [0, 0.05) is 5.97 Å². The average molecular weight is 336 g/mol. The van der Waals surface area contributed by atoms with Gasteiger partial charge in [-0.2, -0.15) is 0 Å². The molecule has 4 heteroatoms. The first kappa shape index (κ1) is 22.4. The van der Waals surface area contributed by atoms with Gasteiger partial charge in [-0.05, 0) is 31.8 Å².